The summed E-state index contributed by atoms with van der Waals surface area (Å²) in [5, 5.41) is 11.7. The van der Waals surface area contributed by atoms with E-state index in [2.05, 4.69) is 11.4 Å². The van der Waals surface area contributed by atoms with Gasteiger partial charge in [0.05, 0.1) is 5.56 Å². The summed E-state index contributed by atoms with van der Waals surface area (Å²) in [6.45, 7) is 1.27. The number of fused-ring (bicyclic) bond motifs is 1. The Morgan fingerprint density at radius 2 is 1.68 bits per heavy atom. The number of hydrogen-bond donors (Lipinski definition) is 2. The monoisotopic (exact) mass is 296 g/mol. The number of nitrogens with zero attached hydrogens (tertiary/aromatic N) is 1. The van der Waals surface area contributed by atoms with Gasteiger partial charge in [0, 0.05) is 18.8 Å². The molecule has 0 fully saturated rings. The molecule has 1 aliphatic rings. The molecule has 3 rings (SSSR count). The number of urea groups is 1. The number of anilines is 1. The van der Waals surface area contributed by atoms with Crippen molar-refractivity contribution >= 4 is 17.7 Å². The van der Waals surface area contributed by atoms with Crippen molar-refractivity contribution in [2.45, 2.75) is 13.0 Å². The molecule has 5 heteroatoms. The molecule has 0 unspecified atom stereocenters. The Hall–Kier alpha value is -2.82. The number of hydrogen-bond acceptors (Lipinski definition) is 2. The lowest BCUT2D eigenvalue weighted by Crippen LogP contribution is -2.38. The number of aromatic carboxylic acids is 1. The van der Waals surface area contributed by atoms with E-state index in [1.54, 1.807) is 17.0 Å². The number of carboxylic acid groups (broad SMARTS) is 1. The lowest BCUT2D eigenvalue weighted by molar-refractivity contribution is 0.0697. The molecule has 0 bridgehead atoms. The molecule has 0 spiro atoms. The number of nitrogens with one attached hydrogen (secondary N) is 1. The van der Waals surface area contributed by atoms with Crippen molar-refractivity contribution in [3.8, 4) is 0 Å². The van der Waals surface area contributed by atoms with Crippen LogP contribution in [0, 0.1) is 0 Å². The molecule has 1 heterocycles. The van der Waals surface area contributed by atoms with E-state index < -0.39 is 5.97 Å². The standard InChI is InChI=1S/C17H16N2O3/c20-16(21)13-5-7-15(8-6-13)18-17(22)19-10-9-12-3-1-2-4-14(12)11-19/h1-8H,9-11H2,(H,18,22)(H,20,21). The van der Waals surface area contributed by atoms with Gasteiger partial charge in [-0.3, -0.25) is 0 Å². The number of rotatable bonds is 2. The van der Waals surface area contributed by atoms with Crippen molar-refractivity contribution in [2.24, 2.45) is 0 Å². The van der Waals surface area contributed by atoms with E-state index in [0.717, 1.165) is 6.42 Å². The van der Waals surface area contributed by atoms with Gasteiger partial charge in [0.1, 0.15) is 0 Å². The number of amides is 2. The van der Waals surface area contributed by atoms with Crippen LogP contribution < -0.4 is 5.32 Å². The summed E-state index contributed by atoms with van der Waals surface area (Å²) in [7, 11) is 0. The summed E-state index contributed by atoms with van der Waals surface area (Å²) < 4.78 is 0. The zero-order valence-corrected chi connectivity index (χ0v) is 12.0. The summed E-state index contributed by atoms with van der Waals surface area (Å²) in [5.74, 6) is -0.981. The van der Waals surface area contributed by atoms with Crippen molar-refractivity contribution < 1.29 is 14.7 Å². The van der Waals surface area contributed by atoms with E-state index >= 15 is 0 Å². The zero-order valence-electron chi connectivity index (χ0n) is 12.0. The van der Waals surface area contributed by atoms with Crippen LogP contribution in [0.25, 0.3) is 0 Å². The molecule has 2 amide bonds. The molecular formula is C17H16N2O3. The molecule has 2 N–H and O–H groups in total. The second-order valence-corrected chi connectivity index (χ2v) is 5.25. The van der Waals surface area contributed by atoms with Crippen LogP contribution in [0.2, 0.25) is 0 Å². The highest BCUT2D eigenvalue weighted by molar-refractivity contribution is 5.91. The van der Waals surface area contributed by atoms with Gasteiger partial charge in [0.15, 0.2) is 0 Å². The van der Waals surface area contributed by atoms with Gasteiger partial charge in [0.25, 0.3) is 0 Å². The van der Waals surface area contributed by atoms with Gasteiger partial charge in [-0.1, -0.05) is 24.3 Å². The highest BCUT2D eigenvalue weighted by Crippen LogP contribution is 2.19. The van der Waals surface area contributed by atoms with Crippen molar-refractivity contribution in [1.82, 2.24) is 4.90 Å². The molecular weight excluding hydrogens is 280 g/mol. The maximum atomic E-state index is 12.3. The fraction of sp³-hybridized carbons (Fsp3) is 0.176. The number of carbonyl (C=O) groups is 2. The summed E-state index contributed by atoms with van der Waals surface area (Å²) in [6.07, 6.45) is 0.849. The highest BCUT2D eigenvalue weighted by atomic mass is 16.4. The van der Waals surface area contributed by atoms with Crippen LogP contribution in [0.5, 0.6) is 0 Å². The number of benzene rings is 2. The van der Waals surface area contributed by atoms with E-state index in [0.29, 0.717) is 18.8 Å². The largest absolute Gasteiger partial charge is 0.478 e. The predicted octanol–water partition coefficient (Wildman–Crippen LogP) is 2.98. The van der Waals surface area contributed by atoms with Crippen molar-refractivity contribution in [1.29, 1.82) is 0 Å². The third-order valence-corrected chi connectivity index (χ3v) is 3.80. The van der Waals surface area contributed by atoms with Gasteiger partial charge in [-0.2, -0.15) is 0 Å². The molecule has 22 heavy (non-hydrogen) atoms. The predicted molar refractivity (Wildman–Crippen MR) is 83.0 cm³/mol. The van der Waals surface area contributed by atoms with E-state index in [1.165, 1.54) is 23.3 Å². The Morgan fingerprint density at radius 3 is 2.36 bits per heavy atom. The van der Waals surface area contributed by atoms with Gasteiger partial charge in [-0.05, 0) is 41.8 Å². The minimum Gasteiger partial charge on any atom is -0.478 e. The second kappa shape index (κ2) is 5.89. The Morgan fingerprint density at radius 1 is 1.00 bits per heavy atom. The molecule has 5 nitrogen and oxygen atoms in total. The first-order valence-corrected chi connectivity index (χ1v) is 7.09. The quantitative estimate of drug-likeness (QED) is 0.895. The SMILES string of the molecule is O=C(O)c1ccc(NC(=O)N2CCc3ccccc3C2)cc1. The molecule has 0 atom stereocenters. The first kappa shape index (κ1) is 14.1. The lowest BCUT2D eigenvalue weighted by atomic mass is 10.0. The van der Waals surface area contributed by atoms with Crippen LogP contribution in [0.3, 0.4) is 0 Å². The molecule has 0 saturated carbocycles. The Balaban J connectivity index is 1.66. The molecule has 0 saturated heterocycles. The molecule has 112 valence electrons. The van der Waals surface area contributed by atoms with Crippen molar-refractivity contribution in [3.05, 3.63) is 65.2 Å². The van der Waals surface area contributed by atoms with Crippen LogP contribution >= 0.6 is 0 Å². The maximum absolute atomic E-state index is 12.3. The zero-order chi connectivity index (χ0) is 15.5. The van der Waals surface area contributed by atoms with E-state index in [9.17, 15) is 9.59 Å². The smallest absolute Gasteiger partial charge is 0.335 e. The van der Waals surface area contributed by atoms with Crippen LogP contribution in [0.15, 0.2) is 48.5 Å². The second-order valence-electron chi connectivity index (χ2n) is 5.25. The fourth-order valence-corrected chi connectivity index (χ4v) is 2.57. The minimum atomic E-state index is -0.981. The average molecular weight is 296 g/mol. The summed E-state index contributed by atoms with van der Waals surface area (Å²) in [4.78, 5) is 24.9. The van der Waals surface area contributed by atoms with Gasteiger partial charge < -0.3 is 15.3 Å². The lowest BCUT2D eigenvalue weighted by Gasteiger charge is -2.28. The summed E-state index contributed by atoms with van der Waals surface area (Å²) in [6, 6.07) is 14.1. The van der Waals surface area contributed by atoms with E-state index in [1.807, 2.05) is 18.2 Å². The topological polar surface area (TPSA) is 69.6 Å². The molecule has 0 aromatic heterocycles. The third kappa shape index (κ3) is 2.93. The number of carboxylic acids is 1. The Kier molecular flexibility index (Phi) is 3.78. The molecule has 2 aromatic rings. The molecule has 1 aliphatic heterocycles. The molecule has 2 aromatic carbocycles. The first-order valence-electron chi connectivity index (χ1n) is 7.09. The fourth-order valence-electron chi connectivity index (χ4n) is 2.57. The van der Waals surface area contributed by atoms with Crippen LogP contribution in [0.4, 0.5) is 10.5 Å². The Bertz CT molecular complexity index is 710. The normalized spacial score (nSPS) is 13.4. The van der Waals surface area contributed by atoms with Crippen molar-refractivity contribution in [2.75, 3.05) is 11.9 Å². The van der Waals surface area contributed by atoms with E-state index in [4.69, 9.17) is 5.11 Å². The summed E-state index contributed by atoms with van der Waals surface area (Å²) in [5.41, 5.74) is 3.25. The molecule has 0 radical (unpaired) electrons. The van der Waals surface area contributed by atoms with Gasteiger partial charge >= 0.3 is 12.0 Å². The van der Waals surface area contributed by atoms with Crippen LogP contribution in [0.1, 0.15) is 21.5 Å². The minimum absolute atomic E-state index is 0.169. The van der Waals surface area contributed by atoms with Gasteiger partial charge in [-0.25, -0.2) is 9.59 Å². The first-order chi connectivity index (χ1) is 10.6. The average Bonchev–Trinajstić information content (AvgIpc) is 2.55. The van der Waals surface area contributed by atoms with Crippen LogP contribution in [-0.4, -0.2) is 28.6 Å². The molecule has 0 aliphatic carbocycles. The van der Waals surface area contributed by atoms with Gasteiger partial charge in [0.2, 0.25) is 0 Å². The maximum Gasteiger partial charge on any atom is 0.335 e. The summed E-state index contributed by atoms with van der Waals surface area (Å²) >= 11 is 0. The van der Waals surface area contributed by atoms with E-state index in [-0.39, 0.29) is 11.6 Å². The Labute approximate surface area is 128 Å². The van der Waals surface area contributed by atoms with Crippen molar-refractivity contribution in [3.63, 3.8) is 0 Å². The third-order valence-electron chi connectivity index (χ3n) is 3.80. The van der Waals surface area contributed by atoms with Crippen LogP contribution in [-0.2, 0) is 13.0 Å². The number of carbonyl (C=O) groups excluding carboxylic acids is 1. The van der Waals surface area contributed by atoms with Gasteiger partial charge in [-0.15, -0.1) is 0 Å². The highest BCUT2D eigenvalue weighted by Gasteiger charge is 2.20.